The van der Waals surface area contributed by atoms with Gasteiger partial charge in [-0.2, -0.15) is 0 Å². The minimum absolute atomic E-state index is 0.419. The fourth-order valence-corrected chi connectivity index (χ4v) is 4.89. The summed E-state index contributed by atoms with van der Waals surface area (Å²) >= 11 is 4.30. The van der Waals surface area contributed by atoms with E-state index in [4.69, 9.17) is 5.11 Å². The van der Waals surface area contributed by atoms with Crippen molar-refractivity contribution < 1.29 is 27.1 Å². The highest BCUT2D eigenvalue weighted by atomic mass is 79.9. The van der Waals surface area contributed by atoms with Crippen molar-refractivity contribution in [3.05, 3.63) is 50.1 Å². The molecule has 4 nitrogen and oxygen atoms in total. The topological polar surface area (TPSA) is 71.4 Å². The molecule has 112 valence electrons. The number of carbonyl (C=O) groups is 1. The third-order valence-electron chi connectivity index (χ3n) is 2.54. The molecule has 0 aliphatic rings. The van der Waals surface area contributed by atoms with Gasteiger partial charge in [0.25, 0.3) is 0 Å². The van der Waals surface area contributed by atoms with E-state index in [1.165, 1.54) is 6.07 Å². The second-order valence-electron chi connectivity index (χ2n) is 4.04. The first kappa shape index (κ1) is 16.1. The summed E-state index contributed by atoms with van der Waals surface area (Å²) in [4.78, 5) is 10.3. The number of carboxylic acid groups (broad SMARTS) is 1. The van der Waals surface area contributed by atoms with Gasteiger partial charge in [-0.25, -0.2) is 22.0 Å². The molecule has 1 aromatic heterocycles. The summed E-state index contributed by atoms with van der Waals surface area (Å²) in [5.41, 5.74) is -0.625. The van der Waals surface area contributed by atoms with Crippen LogP contribution in [0.5, 0.6) is 0 Å². The van der Waals surface area contributed by atoms with Crippen molar-refractivity contribution in [3.8, 4) is 0 Å². The normalized spacial score (nSPS) is 11.6. The number of rotatable bonds is 4. The Bertz CT molecular complexity index is 815. The molecule has 0 unspecified atom stereocenters. The molecule has 0 aliphatic carbocycles. The molecule has 0 fully saturated rings. The fourth-order valence-electron chi connectivity index (χ4n) is 1.61. The molecule has 0 saturated carbocycles. The lowest BCUT2D eigenvalue weighted by Gasteiger charge is -2.07. The second kappa shape index (κ2) is 5.82. The van der Waals surface area contributed by atoms with Crippen LogP contribution in [0.2, 0.25) is 0 Å². The summed E-state index contributed by atoms with van der Waals surface area (Å²) in [7, 11) is -4.20. The molecule has 9 heteroatoms. The van der Waals surface area contributed by atoms with Crippen molar-refractivity contribution >= 4 is 43.1 Å². The number of benzene rings is 1. The van der Waals surface area contributed by atoms with Crippen LogP contribution in [0.15, 0.2) is 32.9 Å². The molecular weight excluding hydrogens is 390 g/mol. The summed E-state index contributed by atoms with van der Waals surface area (Å²) in [6.07, 6.45) is 0. The number of hydrogen-bond acceptors (Lipinski definition) is 4. The fraction of sp³-hybridized carbons (Fsp3) is 0.0833. The second-order valence-corrected chi connectivity index (χ2v) is 8.55. The van der Waals surface area contributed by atoms with Crippen LogP contribution in [-0.2, 0) is 15.6 Å². The number of sulfone groups is 1. The van der Waals surface area contributed by atoms with Crippen LogP contribution >= 0.6 is 27.3 Å². The van der Waals surface area contributed by atoms with E-state index in [2.05, 4.69) is 15.9 Å². The van der Waals surface area contributed by atoms with Gasteiger partial charge in [-0.1, -0.05) is 0 Å². The molecule has 1 heterocycles. The van der Waals surface area contributed by atoms with Gasteiger partial charge in [-0.3, -0.25) is 0 Å². The van der Waals surface area contributed by atoms with Gasteiger partial charge in [0, 0.05) is 4.88 Å². The van der Waals surface area contributed by atoms with Gasteiger partial charge in [-0.05, 0) is 40.2 Å². The van der Waals surface area contributed by atoms with Crippen LogP contribution in [0.1, 0.15) is 15.2 Å². The maximum Gasteiger partial charge on any atom is 0.335 e. The first-order valence-electron chi connectivity index (χ1n) is 5.40. The first-order chi connectivity index (χ1) is 9.70. The number of halogens is 3. The van der Waals surface area contributed by atoms with Crippen molar-refractivity contribution in [2.75, 3.05) is 0 Å². The van der Waals surface area contributed by atoms with Crippen LogP contribution in [0.4, 0.5) is 8.78 Å². The van der Waals surface area contributed by atoms with E-state index in [0.717, 1.165) is 11.3 Å². The number of thiophene rings is 1. The molecule has 2 rings (SSSR count). The Morgan fingerprint density at radius 1 is 1.29 bits per heavy atom. The van der Waals surface area contributed by atoms with Crippen LogP contribution < -0.4 is 0 Å². The highest BCUT2D eigenvalue weighted by Crippen LogP contribution is 2.28. The quantitative estimate of drug-likeness (QED) is 0.858. The predicted octanol–water partition coefficient (Wildman–Crippen LogP) is 3.46. The van der Waals surface area contributed by atoms with E-state index in [-0.39, 0.29) is 0 Å². The smallest absolute Gasteiger partial charge is 0.335 e. The third-order valence-corrected chi connectivity index (χ3v) is 6.00. The largest absolute Gasteiger partial charge is 0.478 e. The van der Waals surface area contributed by atoms with Crippen LogP contribution in [0, 0.1) is 11.6 Å². The van der Waals surface area contributed by atoms with Crippen molar-refractivity contribution in [2.24, 2.45) is 0 Å². The molecule has 21 heavy (non-hydrogen) atoms. The molecule has 0 amide bonds. The molecule has 1 aromatic carbocycles. The van der Waals surface area contributed by atoms with E-state index in [1.807, 2.05) is 0 Å². The SMILES string of the molecule is O=C(O)c1cc(F)c(F)c(S(=O)(=O)Cc2ccc(Br)s2)c1. The van der Waals surface area contributed by atoms with Gasteiger partial charge >= 0.3 is 5.97 Å². The highest BCUT2D eigenvalue weighted by Gasteiger charge is 2.25. The monoisotopic (exact) mass is 396 g/mol. The van der Waals surface area contributed by atoms with Gasteiger partial charge in [0.05, 0.1) is 15.1 Å². The van der Waals surface area contributed by atoms with Gasteiger partial charge < -0.3 is 5.11 Å². The minimum atomic E-state index is -4.20. The van der Waals surface area contributed by atoms with Crippen molar-refractivity contribution in [1.29, 1.82) is 0 Å². The third kappa shape index (κ3) is 3.47. The highest BCUT2D eigenvalue weighted by molar-refractivity contribution is 9.11. The maximum absolute atomic E-state index is 13.7. The van der Waals surface area contributed by atoms with Gasteiger partial charge in [0.15, 0.2) is 21.5 Å². The molecule has 0 saturated heterocycles. The van der Waals surface area contributed by atoms with Crippen molar-refractivity contribution in [3.63, 3.8) is 0 Å². The lowest BCUT2D eigenvalue weighted by molar-refractivity contribution is 0.0696. The molecule has 0 spiro atoms. The van der Waals surface area contributed by atoms with E-state index in [1.54, 1.807) is 6.07 Å². The summed E-state index contributed by atoms with van der Waals surface area (Å²) in [5.74, 6) is -5.16. The molecule has 0 atom stereocenters. The maximum atomic E-state index is 13.7. The Balaban J connectivity index is 2.51. The average Bonchev–Trinajstić information content (AvgIpc) is 2.76. The molecular formula is C12H7BrF2O4S2. The molecule has 0 radical (unpaired) electrons. The summed E-state index contributed by atoms with van der Waals surface area (Å²) < 4.78 is 52.1. The molecule has 0 bridgehead atoms. The average molecular weight is 397 g/mol. The molecule has 1 N–H and O–H groups in total. The van der Waals surface area contributed by atoms with Crippen LogP contribution in [0.3, 0.4) is 0 Å². The zero-order chi connectivity index (χ0) is 15.8. The zero-order valence-electron chi connectivity index (χ0n) is 10.1. The minimum Gasteiger partial charge on any atom is -0.478 e. The van der Waals surface area contributed by atoms with Crippen LogP contribution in [0.25, 0.3) is 0 Å². The van der Waals surface area contributed by atoms with Gasteiger partial charge in [0.2, 0.25) is 0 Å². The van der Waals surface area contributed by atoms with E-state index < -0.39 is 43.7 Å². The van der Waals surface area contributed by atoms with E-state index in [9.17, 15) is 22.0 Å². The summed E-state index contributed by atoms with van der Waals surface area (Å²) in [6, 6.07) is 4.22. The van der Waals surface area contributed by atoms with E-state index in [0.29, 0.717) is 20.8 Å². The Morgan fingerprint density at radius 2 is 1.95 bits per heavy atom. The lowest BCUT2D eigenvalue weighted by Crippen LogP contribution is -2.10. The van der Waals surface area contributed by atoms with Crippen molar-refractivity contribution in [2.45, 2.75) is 10.6 Å². The molecule has 0 aliphatic heterocycles. The zero-order valence-corrected chi connectivity index (χ0v) is 13.4. The van der Waals surface area contributed by atoms with E-state index >= 15 is 0 Å². The number of hydrogen-bond donors (Lipinski definition) is 1. The lowest BCUT2D eigenvalue weighted by atomic mass is 10.2. The Hall–Kier alpha value is -1.32. The number of aromatic carboxylic acids is 1. The molecule has 2 aromatic rings. The van der Waals surface area contributed by atoms with Gasteiger partial charge in [0.1, 0.15) is 4.90 Å². The Kier molecular flexibility index (Phi) is 4.45. The van der Waals surface area contributed by atoms with Crippen LogP contribution in [-0.4, -0.2) is 19.5 Å². The summed E-state index contributed by atoms with van der Waals surface area (Å²) in [5, 5.41) is 8.80. The Labute approximate surface area is 131 Å². The van der Waals surface area contributed by atoms with Crippen molar-refractivity contribution in [1.82, 2.24) is 0 Å². The predicted molar refractivity (Wildman–Crippen MR) is 76.2 cm³/mol. The summed E-state index contributed by atoms with van der Waals surface area (Å²) in [6.45, 7) is 0. The Morgan fingerprint density at radius 3 is 2.48 bits per heavy atom. The first-order valence-corrected chi connectivity index (χ1v) is 8.66. The van der Waals surface area contributed by atoms with Gasteiger partial charge in [-0.15, -0.1) is 11.3 Å². The number of carboxylic acids is 1. The standard InChI is InChI=1S/C12H7BrF2O4S2/c13-10-2-1-7(20-10)5-21(18,19)9-4-6(12(16)17)3-8(14)11(9)15/h1-4H,5H2,(H,16,17).